The molecule has 2 aromatic rings. The van der Waals surface area contributed by atoms with Crippen LogP contribution in [-0.2, 0) is 4.74 Å². The summed E-state index contributed by atoms with van der Waals surface area (Å²) < 4.78 is 4.85. The Hall–Kier alpha value is -1.65. The Morgan fingerprint density at radius 1 is 1.29 bits per heavy atom. The molecule has 0 saturated heterocycles. The number of para-hydroxylation sites is 1. The molecule has 0 fully saturated rings. The summed E-state index contributed by atoms with van der Waals surface area (Å²) in [4.78, 5) is 4.44. The van der Waals surface area contributed by atoms with E-state index in [1.54, 1.807) is 7.11 Å². The highest BCUT2D eigenvalue weighted by Gasteiger charge is 2.03. The Kier molecular flexibility index (Phi) is 3.90. The van der Waals surface area contributed by atoms with Crippen molar-refractivity contribution in [3.8, 4) is 0 Å². The summed E-state index contributed by atoms with van der Waals surface area (Å²) in [5.74, 6) is 0.763. The molecule has 0 amide bonds. The van der Waals surface area contributed by atoms with Crippen LogP contribution in [0.4, 0.5) is 5.82 Å². The Balaban J connectivity index is 2.04. The van der Waals surface area contributed by atoms with Gasteiger partial charge in [0.05, 0.1) is 18.2 Å². The molecule has 1 unspecified atom stereocenters. The van der Waals surface area contributed by atoms with Gasteiger partial charge in [-0.05, 0) is 18.2 Å². The number of aliphatic hydroxyl groups is 1. The molecule has 0 aliphatic rings. The fraction of sp³-hybridized carbons (Fsp3) is 0.308. The Morgan fingerprint density at radius 3 is 2.94 bits per heavy atom. The summed E-state index contributed by atoms with van der Waals surface area (Å²) in [5.41, 5.74) is 0.943. The van der Waals surface area contributed by atoms with Crippen molar-refractivity contribution in [3.63, 3.8) is 0 Å². The van der Waals surface area contributed by atoms with Gasteiger partial charge in [-0.2, -0.15) is 0 Å². The predicted octanol–water partition coefficient (Wildman–Crippen LogP) is 1.65. The van der Waals surface area contributed by atoms with Crippen molar-refractivity contribution in [1.82, 2.24) is 4.98 Å². The number of fused-ring (bicyclic) bond motifs is 1. The molecule has 1 aromatic heterocycles. The van der Waals surface area contributed by atoms with Crippen LogP contribution in [0.5, 0.6) is 0 Å². The van der Waals surface area contributed by atoms with Crippen LogP contribution in [0.25, 0.3) is 10.9 Å². The molecular formula is C13H16N2O2. The third-order valence-corrected chi connectivity index (χ3v) is 2.48. The van der Waals surface area contributed by atoms with Gasteiger partial charge in [-0.25, -0.2) is 4.98 Å². The van der Waals surface area contributed by atoms with E-state index in [1.807, 2.05) is 36.4 Å². The van der Waals surface area contributed by atoms with E-state index < -0.39 is 6.10 Å². The van der Waals surface area contributed by atoms with Crippen molar-refractivity contribution in [2.75, 3.05) is 25.6 Å². The highest BCUT2D eigenvalue weighted by Crippen LogP contribution is 2.14. The van der Waals surface area contributed by atoms with Gasteiger partial charge in [-0.15, -0.1) is 0 Å². The van der Waals surface area contributed by atoms with Crippen molar-refractivity contribution in [2.24, 2.45) is 0 Å². The highest BCUT2D eigenvalue weighted by atomic mass is 16.5. The van der Waals surface area contributed by atoms with Gasteiger partial charge in [0.1, 0.15) is 5.82 Å². The second kappa shape index (κ2) is 5.61. The summed E-state index contributed by atoms with van der Waals surface area (Å²) in [6.07, 6.45) is -0.520. The zero-order chi connectivity index (χ0) is 12.1. The van der Waals surface area contributed by atoms with Crippen LogP contribution in [0.1, 0.15) is 0 Å². The van der Waals surface area contributed by atoms with Gasteiger partial charge in [0, 0.05) is 19.0 Å². The van der Waals surface area contributed by atoms with Crippen molar-refractivity contribution in [3.05, 3.63) is 36.4 Å². The molecule has 2 N–H and O–H groups in total. The second-order valence-corrected chi connectivity index (χ2v) is 3.88. The molecule has 0 spiro atoms. The molecule has 0 saturated carbocycles. The summed E-state index contributed by atoms with van der Waals surface area (Å²) >= 11 is 0. The lowest BCUT2D eigenvalue weighted by atomic mass is 10.2. The fourth-order valence-electron chi connectivity index (χ4n) is 1.64. The molecule has 1 aromatic carbocycles. The number of aromatic nitrogens is 1. The first-order valence-corrected chi connectivity index (χ1v) is 5.56. The molecule has 0 aliphatic heterocycles. The molecule has 0 aliphatic carbocycles. The topological polar surface area (TPSA) is 54.4 Å². The average molecular weight is 232 g/mol. The first-order valence-electron chi connectivity index (χ1n) is 5.56. The van der Waals surface area contributed by atoms with Crippen molar-refractivity contribution in [1.29, 1.82) is 0 Å². The van der Waals surface area contributed by atoms with Crippen LogP contribution in [0.3, 0.4) is 0 Å². The van der Waals surface area contributed by atoms with Crippen molar-refractivity contribution in [2.45, 2.75) is 6.10 Å². The van der Waals surface area contributed by atoms with E-state index in [1.165, 1.54) is 0 Å². The number of ether oxygens (including phenoxy) is 1. The first kappa shape index (κ1) is 11.8. The third kappa shape index (κ3) is 3.15. The summed E-state index contributed by atoms with van der Waals surface area (Å²) in [7, 11) is 1.57. The largest absolute Gasteiger partial charge is 0.389 e. The summed E-state index contributed by atoms with van der Waals surface area (Å²) in [6.45, 7) is 0.750. The normalized spacial score (nSPS) is 12.6. The number of nitrogens with one attached hydrogen (secondary N) is 1. The molecule has 1 atom stereocenters. The lowest BCUT2D eigenvalue weighted by Crippen LogP contribution is -2.24. The average Bonchev–Trinajstić information content (AvgIpc) is 2.36. The van der Waals surface area contributed by atoms with Gasteiger partial charge in [0.2, 0.25) is 0 Å². The van der Waals surface area contributed by atoms with Crippen LogP contribution in [-0.4, -0.2) is 36.5 Å². The number of benzene rings is 1. The second-order valence-electron chi connectivity index (χ2n) is 3.88. The molecular weight excluding hydrogens is 216 g/mol. The van der Waals surface area contributed by atoms with E-state index >= 15 is 0 Å². The maximum Gasteiger partial charge on any atom is 0.126 e. The molecule has 4 heteroatoms. The number of nitrogens with zero attached hydrogens (tertiary/aromatic N) is 1. The van der Waals surface area contributed by atoms with Gasteiger partial charge in [0.15, 0.2) is 0 Å². The number of rotatable bonds is 5. The molecule has 90 valence electrons. The van der Waals surface area contributed by atoms with Crippen molar-refractivity contribution >= 4 is 16.7 Å². The van der Waals surface area contributed by atoms with Gasteiger partial charge >= 0.3 is 0 Å². The quantitative estimate of drug-likeness (QED) is 0.823. The standard InChI is InChI=1S/C13H16N2O2/c1-17-9-11(16)8-14-13-7-6-10-4-2-3-5-12(10)15-13/h2-7,11,16H,8-9H2,1H3,(H,14,15). The molecule has 1 heterocycles. The maximum atomic E-state index is 9.51. The number of aliphatic hydroxyl groups excluding tert-OH is 1. The number of anilines is 1. The number of methoxy groups -OCH3 is 1. The Morgan fingerprint density at radius 2 is 2.12 bits per heavy atom. The van der Waals surface area contributed by atoms with E-state index in [-0.39, 0.29) is 0 Å². The van der Waals surface area contributed by atoms with Gasteiger partial charge in [0.25, 0.3) is 0 Å². The lowest BCUT2D eigenvalue weighted by Gasteiger charge is -2.11. The monoisotopic (exact) mass is 232 g/mol. The zero-order valence-electron chi connectivity index (χ0n) is 9.76. The van der Waals surface area contributed by atoms with E-state index in [2.05, 4.69) is 10.3 Å². The number of hydrogen-bond acceptors (Lipinski definition) is 4. The van der Waals surface area contributed by atoms with E-state index in [4.69, 9.17) is 4.74 Å². The van der Waals surface area contributed by atoms with Gasteiger partial charge < -0.3 is 15.2 Å². The summed E-state index contributed by atoms with van der Waals surface area (Å²) in [5, 5.41) is 13.7. The minimum atomic E-state index is -0.520. The Bertz CT molecular complexity index is 488. The maximum absolute atomic E-state index is 9.51. The minimum Gasteiger partial charge on any atom is -0.389 e. The van der Waals surface area contributed by atoms with E-state index in [9.17, 15) is 5.11 Å². The van der Waals surface area contributed by atoms with Crippen LogP contribution in [0.15, 0.2) is 36.4 Å². The SMILES string of the molecule is COCC(O)CNc1ccc2ccccc2n1. The van der Waals surface area contributed by atoms with Crippen molar-refractivity contribution < 1.29 is 9.84 Å². The molecule has 4 nitrogen and oxygen atoms in total. The van der Waals surface area contributed by atoms with Gasteiger partial charge in [-0.3, -0.25) is 0 Å². The molecule has 17 heavy (non-hydrogen) atoms. The van der Waals surface area contributed by atoms with Gasteiger partial charge in [-0.1, -0.05) is 18.2 Å². The van der Waals surface area contributed by atoms with Crippen LogP contribution in [0.2, 0.25) is 0 Å². The van der Waals surface area contributed by atoms with Crippen LogP contribution < -0.4 is 5.32 Å². The zero-order valence-corrected chi connectivity index (χ0v) is 9.76. The highest BCUT2D eigenvalue weighted by molar-refractivity contribution is 5.79. The molecule has 0 bridgehead atoms. The molecule has 2 rings (SSSR count). The first-order chi connectivity index (χ1) is 8.29. The lowest BCUT2D eigenvalue weighted by molar-refractivity contribution is 0.0727. The fourth-order valence-corrected chi connectivity index (χ4v) is 1.64. The predicted molar refractivity (Wildman–Crippen MR) is 68.1 cm³/mol. The van der Waals surface area contributed by atoms with E-state index in [0.29, 0.717) is 13.2 Å². The molecule has 0 radical (unpaired) electrons. The van der Waals surface area contributed by atoms with E-state index in [0.717, 1.165) is 16.7 Å². The van der Waals surface area contributed by atoms with Crippen LogP contribution in [0, 0.1) is 0 Å². The smallest absolute Gasteiger partial charge is 0.126 e. The van der Waals surface area contributed by atoms with Crippen LogP contribution >= 0.6 is 0 Å². The number of pyridine rings is 1. The Labute approximate surface area is 100 Å². The third-order valence-electron chi connectivity index (χ3n) is 2.48. The summed E-state index contributed by atoms with van der Waals surface area (Å²) in [6, 6.07) is 11.8. The minimum absolute atomic E-state index is 0.320. The number of hydrogen-bond donors (Lipinski definition) is 2.